The molecule has 3 atom stereocenters. The van der Waals surface area contributed by atoms with E-state index >= 15 is 0 Å². The largest absolute Gasteiger partial charge is 0.448 e. The number of carbonyl (C=O) groups excluding carboxylic acids is 2. The minimum Gasteiger partial charge on any atom is -0.448 e. The number of hydrogen-bond acceptors (Lipinski definition) is 4. The lowest BCUT2D eigenvalue weighted by Gasteiger charge is -2.33. The third-order valence-electron chi connectivity index (χ3n) is 4.45. The van der Waals surface area contributed by atoms with Gasteiger partial charge in [-0.05, 0) is 13.8 Å². The highest BCUT2D eigenvalue weighted by Gasteiger charge is 2.56. The van der Waals surface area contributed by atoms with Gasteiger partial charge in [-0.15, -0.1) is 0 Å². The van der Waals surface area contributed by atoms with Crippen molar-refractivity contribution in [2.24, 2.45) is 11.8 Å². The molecule has 6 heteroatoms. The Bertz CT molecular complexity index is 573. The van der Waals surface area contributed by atoms with Gasteiger partial charge in [0.1, 0.15) is 0 Å². The van der Waals surface area contributed by atoms with Crippen LogP contribution in [-0.2, 0) is 9.47 Å². The Balaban J connectivity index is 1.91. The SMILES string of the molecule is CCOC(=O)N1[C@@H]2C=C[C@@H](C2C2C=CC=CC=C2)N1C(=O)OCC. The van der Waals surface area contributed by atoms with Gasteiger partial charge in [0.25, 0.3) is 0 Å². The van der Waals surface area contributed by atoms with Crippen LogP contribution in [0.3, 0.4) is 0 Å². The molecule has 0 spiro atoms. The fourth-order valence-corrected chi connectivity index (χ4v) is 3.55. The van der Waals surface area contributed by atoms with Crippen LogP contribution in [0, 0.1) is 11.8 Å². The molecule has 24 heavy (non-hydrogen) atoms. The number of ether oxygens (including phenoxy) is 2. The maximum absolute atomic E-state index is 12.4. The number of rotatable bonds is 3. The van der Waals surface area contributed by atoms with Crippen LogP contribution in [0.25, 0.3) is 0 Å². The molecule has 0 N–H and O–H groups in total. The quantitative estimate of drug-likeness (QED) is 0.746. The molecular weight excluding hydrogens is 308 g/mol. The van der Waals surface area contributed by atoms with E-state index in [1.807, 2.05) is 36.5 Å². The van der Waals surface area contributed by atoms with Gasteiger partial charge in [0.05, 0.1) is 25.3 Å². The summed E-state index contributed by atoms with van der Waals surface area (Å²) in [7, 11) is 0. The van der Waals surface area contributed by atoms with E-state index in [2.05, 4.69) is 12.2 Å². The lowest BCUT2D eigenvalue weighted by atomic mass is 9.85. The number of nitrogens with zero attached hydrogens (tertiary/aromatic N) is 2. The van der Waals surface area contributed by atoms with E-state index < -0.39 is 12.2 Å². The summed E-state index contributed by atoms with van der Waals surface area (Å²) in [5.74, 6) is 0.160. The summed E-state index contributed by atoms with van der Waals surface area (Å²) < 4.78 is 10.3. The molecule has 6 nitrogen and oxygen atoms in total. The van der Waals surface area contributed by atoms with Crippen molar-refractivity contribution >= 4 is 12.2 Å². The standard InChI is InChI=1S/C18H22N2O4/c1-3-23-17(21)19-14-11-12-15(20(19)18(22)24-4-2)16(14)13-9-7-5-6-8-10-13/h5-16H,3-4H2,1-2H3/t14-,15+,16?. The van der Waals surface area contributed by atoms with Crippen molar-refractivity contribution in [2.45, 2.75) is 25.9 Å². The topological polar surface area (TPSA) is 59.1 Å². The van der Waals surface area contributed by atoms with Gasteiger partial charge in [0, 0.05) is 11.8 Å². The minimum atomic E-state index is -0.521. The third kappa shape index (κ3) is 2.72. The second-order valence-corrected chi connectivity index (χ2v) is 5.76. The van der Waals surface area contributed by atoms with Crippen molar-refractivity contribution in [1.29, 1.82) is 0 Å². The van der Waals surface area contributed by atoms with Crippen molar-refractivity contribution in [3.05, 3.63) is 48.6 Å². The lowest BCUT2D eigenvalue weighted by molar-refractivity contribution is -0.0130. The molecule has 0 saturated carbocycles. The van der Waals surface area contributed by atoms with Crippen LogP contribution in [0.4, 0.5) is 9.59 Å². The third-order valence-corrected chi connectivity index (χ3v) is 4.45. The Morgan fingerprint density at radius 2 is 1.25 bits per heavy atom. The number of hydrazine groups is 1. The molecule has 3 aliphatic rings. The summed E-state index contributed by atoms with van der Waals surface area (Å²) in [5.41, 5.74) is 0. The van der Waals surface area contributed by atoms with E-state index in [-0.39, 0.29) is 37.1 Å². The lowest BCUT2D eigenvalue weighted by Crippen LogP contribution is -2.52. The smallest absolute Gasteiger partial charge is 0.429 e. The molecule has 2 bridgehead atoms. The molecule has 3 rings (SSSR count). The number of carbonyl (C=O) groups is 2. The van der Waals surface area contributed by atoms with Gasteiger partial charge < -0.3 is 9.47 Å². The van der Waals surface area contributed by atoms with Gasteiger partial charge >= 0.3 is 12.2 Å². The zero-order valence-corrected chi connectivity index (χ0v) is 13.9. The van der Waals surface area contributed by atoms with Crippen molar-refractivity contribution in [1.82, 2.24) is 10.0 Å². The maximum Gasteiger partial charge on any atom is 0.429 e. The second-order valence-electron chi connectivity index (χ2n) is 5.76. The van der Waals surface area contributed by atoms with Crippen molar-refractivity contribution in [3.8, 4) is 0 Å². The van der Waals surface area contributed by atoms with Crippen molar-refractivity contribution < 1.29 is 19.1 Å². The number of allylic oxidation sites excluding steroid dienone is 6. The summed E-state index contributed by atoms with van der Waals surface area (Å²) in [5, 5.41) is 2.80. The first kappa shape index (κ1) is 16.4. The molecule has 0 radical (unpaired) electrons. The fourth-order valence-electron chi connectivity index (χ4n) is 3.55. The van der Waals surface area contributed by atoms with Gasteiger partial charge in [-0.25, -0.2) is 19.6 Å². The molecule has 128 valence electrons. The Morgan fingerprint density at radius 1 is 0.792 bits per heavy atom. The molecule has 1 fully saturated rings. The van der Waals surface area contributed by atoms with Gasteiger partial charge in [-0.3, -0.25) is 0 Å². The van der Waals surface area contributed by atoms with E-state index in [1.165, 1.54) is 10.0 Å². The first-order chi connectivity index (χ1) is 11.7. The normalized spacial score (nSPS) is 27.7. The summed E-state index contributed by atoms with van der Waals surface area (Å²) in [6, 6.07) is -0.452. The average Bonchev–Trinajstić information content (AvgIpc) is 3.00. The maximum atomic E-state index is 12.4. The van der Waals surface area contributed by atoms with Crippen LogP contribution in [0.1, 0.15) is 13.8 Å². The minimum absolute atomic E-state index is 0.0474. The highest BCUT2D eigenvalue weighted by atomic mass is 16.6. The number of amides is 2. The van der Waals surface area contributed by atoms with Gasteiger partial charge in [-0.1, -0.05) is 48.6 Å². The van der Waals surface area contributed by atoms with Gasteiger partial charge in [0.15, 0.2) is 0 Å². The van der Waals surface area contributed by atoms with Crippen molar-refractivity contribution in [2.75, 3.05) is 13.2 Å². The molecule has 1 aliphatic heterocycles. The Hall–Kier alpha value is -2.50. The van der Waals surface area contributed by atoms with E-state index in [4.69, 9.17) is 9.47 Å². The number of fused-ring (bicyclic) bond motifs is 2. The Labute approximate surface area is 141 Å². The summed E-state index contributed by atoms with van der Waals surface area (Å²) >= 11 is 0. The Morgan fingerprint density at radius 3 is 1.67 bits per heavy atom. The molecular formula is C18H22N2O4. The molecule has 0 aromatic carbocycles. The molecule has 0 aromatic rings. The first-order valence-corrected chi connectivity index (χ1v) is 8.31. The van der Waals surface area contributed by atoms with Crippen LogP contribution < -0.4 is 0 Å². The first-order valence-electron chi connectivity index (χ1n) is 8.31. The molecule has 2 amide bonds. The van der Waals surface area contributed by atoms with Crippen LogP contribution in [0.15, 0.2) is 48.6 Å². The van der Waals surface area contributed by atoms with Crippen LogP contribution >= 0.6 is 0 Å². The highest BCUT2D eigenvalue weighted by molar-refractivity contribution is 5.77. The van der Waals surface area contributed by atoms with E-state index in [0.717, 1.165) is 0 Å². The fraction of sp³-hybridized carbons (Fsp3) is 0.444. The molecule has 1 heterocycles. The van der Waals surface area contributed by atoms with E-state index in [1.54, 1.807) is 13.8 Å². The van der Waals surface area contributed by atoms with Gasteiger partial charge in [-0.2, -0.15) is 0 Å². The monoisotopic (exact) mass is 330 g/mol. The predicted molar refractivity (Wildman–Crippen MR) is 88.8 cm³/mol. The second kappa shape index (κ2) is 6.95. The van der Waals surface area contributed by atoms with Crippen LogP contribution in [0.5, 0.6) is 0 Å². The molecule has 0 aromatic heterocycles. The zero-order chi connectivity index (χ0) is 17.1. The van der Waals surface area contributed by atoms with Crippen LogP contribution in [-0.4, -0.2) is 47.5 Å². The van der Waals surface area contributed by atoms with E-state index in [9.17, 15) is 9.59 Å². The van der Waals surface area contributed by atoms with E-state index in [0.29, 0.717) is 0 Å². The molecule has 2 aliphatic carbocycles. The highest BCUT2D eigenvalue weighted by Crippen LogP contribution is 2.43. The summed E-state index contributed by atoms with van der Waals surface area (Å²) in [6.45, 7) is 4.00. The zero-order valence-electron chi connectivity index (χ0n) is 13.9. The van der Waals surface area contributed by atoms with Crippen molar-refractivity contribution in [3.63, 3.8) is 0 Å². The summed E-state index contributed by atoms with van der Waals surface area (Å²) in [6.07, 6.45) is 15.0. The molecule has 1 saturated heterocycles. The molecule has 1 unspecified atom stereocenters. The summed E-state index contributed by atoms with van der Waals surface area (Å²) in [4.78, 5) is 24.8. The average molecular weight is 330 g/mol. The number of hydrogen-bond donors (Lipinski definition) is 0. The van der Waals surface area contributed by atoms with Gasteiger partial charge in [0.2, 0.25) is 0 Å². The predicted octanol–water partition coefficient (Wildman–Crippen LogP) is 3.05. The Kier molecular flexibility index (Phi) is 4.74. The van der Waals surface area contributed by atoms with Crippen LogP contribution in [0.2, 0.25) is 0 Å².